The zero-order chi connectivity index (χ0) is 12.1. The highest BCUT2D eigenvalue weighted by atomic mass is 127. The van der Waals surface area contributed by atoms with Crippen LogP contribution in [0.1, 0.15) is 6.92 Å². The highest BCUT2D eigenvalue weighted by molar-refractivity contribution is 14.1. The number of nitrogens with zero attached hydrogens (tertiary/aromatic N) is 1. The van der Waals surface area contributed by atoms with E-state index >= 15 is 0 Å². The van der Waals surface area contributed by atoms with Crippen molar-refractivity contribution >= 4 is 28.3 Å². The van der Waals surface area contributed by atoms with Crippen LogP contribution in [-0.2, 0) is 0 Å². The van der Waals surface area contributed by atoms with E-state index < -0.39 is 4.92 Å². The highest BCUT2D eigenvalue weighted by Gasteiger charge is 2.17. The lowest BCUT2D eigenvalue weighted by atomic mass is 10.3. The Kier molecular flexibility index (Phi) is 4.94. The minimum absolute atomic E-state index is 0.00912. The summed E-state index contributed by atoms with van der Waals surface area (Å²) in [6.45, 7) is 2.50. The molecule has 0 spiro atoms. The van der Waals surface area contributed by atoms with Crippen molar-refractivity contribution in [1.29, 1.82) is 0 Å². The van der Waals surface area contributed by atoms with Crippen LogP contribution in [0.3, 0.4) is 0 Å². The monoisotopic (exact) mass is 336 g/mol. The Hall–Kier alpha value is -0.890. The number of rotatable bonds is 5. The Bertz CT molecular complexity index is 384. The van der Waals surface area contributed by atoms with Gasteiger partial charge in [0.25, 0.3) is 0 Å². The van der Waals surface area contributed by atoms with Gasteiger partial charge in [0.15, 0.2) is 5.75 Å². The van der Waals surface area contributed by atoms with Crippen molar-refractivity contribution in [2.75, 3.05) is 13.6 Å². The van der Waals surface area contributed by atoms with Gasteiger partial charge in [0.05, 0.1) is 4.92 Å². The van der Waals surface area contributed by atoms with E-state index in [-0.39, 0.29) is 11.8 Å². The standard InChI is InChI=1S/C10H13IN2O3/c1-7(6-12-2)16-10-4-3-8(11)5-9(10)13(14)15/h3-5,7,12H,6H2,1-2H3. The van der Waals surface area contributed by atoms with Gasteiger partial charge < -0.3 is 10.1 Å². The molecule has 1 aromatic rings. The lowest BCUT2D eigenvalue weighted by Crippen LogP contribution is -2.26. The fraction of sp³-hybridized carbons (Fsp3) is 0.400. The number of nitrogens with one attached hydrogen (secondary N) is 1. The molecule has 0 fully saturated rings. The molecule has 1 aromatic carbocycles. The van der Waals surface area contributed by atoms with Gasteiger partial charge in [-0.3, -0.25) is 10.1 Å². The maximum atomic E-state index is 10.8. The average Bonchev–Trinajstić information content (AvgIpc) is 2.20. The number of likely N-dealkylation sites (N-methyl/N-ethyl adjacent to an activating group) is 1. The third-order valence-electron chi connectivity index (χ3n) is 1.94. The summed E-state index contributed by atoms with van der Waals surface area (Å²) in [5.41, 5.74) is 0.00912. The van der Waals surface area contributed by atoms with Crippen LogP contribution in [0.4, 0.5) is 5.69 Å². The topological polar surface area (TPSA) is 64.4 Å². The van der Waals surface area contributed by atoms with E-state index in [1.165, 1.54) is 6.07 Å². The summed E-state index contributed by atoms with van der Waals surface area (Å²) >= 11 is 2.03. The number of halogens is 1. The molecular weight excluding hydrogens is 323 g/mol. The van der Waals surface area contributed by atoms with Gasteiger partial charge in [-0.05, 0) is 48.7 Å². The van der Waals surface area contributed by atoms with Crippen molar-refractivity contribution in [2.45, 2.75) is 13.0 Å². The van der Waals surface area contributed by atoms with Crippen LogP contribution in [0, 0.1) is 13.7 Å². The first kappa shape index (κ1) is 13.2. The summed E-state index contributed by atoms with van der Waals surface area (Å²) in [7, 11) is 1.81. The van der Waals surface area contributed by atoms with Crippen molar-refractivity contribution in [1.82, 2.24) is 5.32 Å². The van der Waals surface area contributed by atoms with E-state index in [4.69, 9.17) is 4.74 Å². The second kappa shape index (κ2) is 6.00. The molecule has 0 saturated carbocycles. The average molecular weight is 336 g/mol. The molecule has 16 heavy (non-hydrogen) atoms. The highest BCUT2D eigenvalue weighted by Crippen LogP contribution is 2.29. The first-order valence-electron chi connectivity index (χ1n) is 4.79. The van der Waals surface area contributed by atoms with E-state index in [0.29, 0.717) is 12.3 Å². The lowest BCUT2D eigenvalue weighted by molar-refractivity contribution is -0.386. The summed E-state index contributed by atoms with van der Waals surface area (Å²) in [4.78, 5) is 10.4. The Labute approximate surface area is 107 Å². The Balaban J connectivity index is 2.90. The fourth-order valence-corrected chi connectivity index (χ4v) is 1.75. The quantitative estimate of drug-likeness (QED) is 0.509. The van der Waals surface area contributed by atoms with Gasteiger partial charge in [0.2, 0.25) is 0 Å². The summed E-state index contributed by atoms with van der Waals surface area (Å²) in [6.07, 6.45) is -0.108. The summed E-state index contributed by atoms with van der Waals surface area (Å²) in [6, 6.07) is 4.92. The Morgan fingerprint density at radius 3 is 2.88 bits per heavy atom. The second-order valence-corrected chi connectivity index (χ2v) is 4.60. The molecule has 0 aromatic heterocycles. The van der Waals surface area contributed by atoms with E-state index in [0.717, 1.165) is 3.57 Å². The third kappa shape index (κ3) is 3.60. The zero-order valence-corrected chi connectivity index (χ0v) is 11.2. The first-order chi connectivity index (χ1) is 7.54. The van der Waals surface area contributed by atoms with Crippen LogP contribution >= 0.6 is 22.6 Å². The maximum Gasteiger partial charge on any atom is 0.311 e. The Morgan fingerprint density at radius 2 is 2.31 bits per heavy atom. The van der Waals surface area contributed by atoms with Gasteiger partial charge in [-0.15, -0.1) is 0 Å². The van der Waals surface area contributed by atoms with Crippen LogP contribution in [-0.4, -0.2) is 24.6 Å². The molecule has 1 atom stereocenters. The van der Waals surface area contributed by atoms with E-state index in [9.17, 15) is 10.1 Å². The van der Waals surface area contributed by atoms with Gasteiger partial charge >= 0.3 is 5.69 Å². The molecule has 0 saturated heterocycles. The molecule has 0 heterocycles. The molecule has 1 rings (SSSR count). The van der Waals surface area contributed by atoms with Gasteiger partial charge in [-0.25, -0.2) is 0 Å². The maximum absolute atomic E-state index is 10.8. The van der Waals surface area contributed by atoms with Crippen molar-refractivity contribution in [3.05, 3.63) is 31.9 Å². The SMILES string of the molecule is CNCC(C)Oc1ccc(I)cc1[N+](=O)[O-]. The van der Waals surface area contributed by atoms with Gasteiger partial charge in [-0.2, -0.15) is 0 Å². The second-order valence-electron chi connectivity index (χ2n) is 3.36. The van der Waals surface area contributed by atoms with E-state index in [2.05, 4.69) is 5.32 Å². The van der Waals surface area contributed by atoms with Gasteiger partial charge in [-0.1, -0.05) is 0 Å². The number of nitro groups is 1. The molecular formula is C10H13IN2O3. The molecule has 0 radical (unpaired) electrons. The summed E-state index contributed by atoms with van der Waals surface area (Å²) < 4.78 is 6.31. The van der Waals surface area contributed by atoms with Crippen molar-refractivity contribution in [2.24, 2.45) is 0 Å². The van der Waals surface area contributed by atoms with Crippen molar-refractivity contribution < 1.29 is 9.66 Å². The predicted octanol–water partition coefficient (Wildman–Crippen LogP) is 2.19. The van der Waals surface area contributed by atoms with Gasteiger partial charge in [0.1, 0.15) is 6.10 Å². The first-order valence-corrected chi connectivity index (χ1v) is 5.87. The molecule has 1 unspecified atom stereocenters. The lowest BCUT2D eigenvalue weighted by Gasteiger charge is -2.14. The number of nitro benzene ring substituents is 1. The van der Waals surface area contributed by atoms with Crippen LogP contribution in [0.25, 0.3) is 0 Å². The third-order valence-corrected chi connectivity index (χ3v) is 2.61. The molecule has 1 N–H and O–H groups in total. The molecule has 0 aliphatic heterocycles. The van der Waals surface area contributed by atoms with Crippen LogP contribution < -0.4 is 10.1 Å². The molecule has 0 aliphatic carbocycles. The normalized spacial score (nSPS) is 12.2. The molecule has 5 nitrogen and oxygen atoms in total. The molecule has 88 valence electrons. The van der Waals surface area contributed by atoms with Crippen molar-refractivity contribution in [3.8, 4) is 5.75 Å². The van der Waals surface area contributed by atoms with E-state index in [1.54, 1.807) is 12.1 Å². The van der Waals surface area contributed by atoms with Gasteiger partial charge in [0, 0.05) is 16.2 Å². The summed E-state index contributed by atoms with van der Waals surface area (Å²) in [5.74, 6) is 0.313. The minimum Gasteiger partial charge on any atom is -0.482 e. The van der Waals surface area contributed by atoms with Crippen LogP contribution in [0.2, 0.25) is 0 Å². The van der Waals surface area contributed by atoms with E-state index in [1.807, 2.05) is 36.6 Å². The number of hydrogen-bond acceptors (Lipinski definition) is 4. The molecule has 6 heteroatoms. The smallest absolute Gasteiger partial charge is 0.311 e. The number of hydrogen-bond donors (Lipinski definition) is 1. The predicted molar refractivity (Wildman–Crippen MR) is 69.8 cm³/mol. The fourth-order valence-electron chi connectivity index (χ4n) is 1.28. The van der Waals surface area contributed by atoms with Crippen LogP contribution in [0.5, 0.6) is 5.75 Å². The molecule has 0 bridgehead atoms. The van der Waals surface area contributed by atoms with Crippen LogP contribution in [0.15, 0.2) is 18.2 Å². The number of benzene rings is 1. The van der Waals surface area contributed by atoms with Crippen molar-refractivity contribution in [3.63, 3.8) is 0 Å². The zero-order valence-electron chi connectivity index (χ0n) is 9.07. The molecule has 0 amide bonds. The molecule has 0 aliphatic rings. The number of ether oxygens (including phenoxy) is 1. The summed E-state index contributed by atoms with van der Waals surface area (Å²) in [5, 5.41) is 13.8. The largest absolute Gasteiger partial charge is 0.482 e. The minimum atomic E-state index is -0.427. The Morgan fingerprint density at radius 1 is 1.62 bits per heavy atom.